The predicted octanol–water partition coefficient (Wildman–Crippen LogP) is 0.894. The number of hydrogen-bond donors (Lipinski definition) is 1. The van der Waals surface area contributed by atoms with Gasteiger partial charge in [0.2, 0.25) is 0 Å². The van der Waals surface area contributed by atoms with E-state index in [1.165, 1.54) is 0 Å². The fourth-order valence-electron chi connectivity index (χ4n) is 0.409. The Hall–Kier alpha value is -0.570. The summed E-state index contributed by atoms with van der Waals surface area (Å²) in [4.78, 5) is 0. The summed E-state index contributed by atoms with van der Waals surface area (Å²) in [5.41, 5.74) is 6.25. The number of hydrogen-bond acceptors (Lipinski definition) is 3. The maximum absolute atomic E-state index is 5.42. The van der Waals surface area contributed by atoms with E-state index in [1.54, 1.807) is 11.9 Å². The molecule has 0 atom stereocenters. The fourth-order valence-corrected chi connectivity index (χ4v) is 0.907. The van der Waals surface area contributed by atoms with Crippen molar-refractivity contribution in [2.75, 3.05) is 7.05 Å². The molecule has 3 heteroatoms. The number of rotatable bonds is 0. The number of nitrogens with zero attached hydrogens (tertiary/aromatic N) is 1. The first-order valence-corrected chi connectivity index (χ1v) is 3.16. The second-order valence-corrected chi connectivity index (χ2v) is 2.61. The number of nitrogens with two attached hydrogens (primary N) is 1. The molecule has 0 aromatic heterocycles. The third-order valence-corrected chi connectivity index (χ3v) is 1.66. The molecule has 0 aliphatic carbocycles. The molecule has 0 saturated heterocycles. The first-order chi connectivity index (χ1) is 3.79. The molecular weight excluding hydrogens is 120 g/mol. The molecule has 44 valence electrons. The molecule has 0 spiro atoms. The summed E-state index contributed by atoms with van der Waals surface area (Å²) in [5.74, 6) is 0. The molecule has 0 bridgehead atoms. The Balaban J connectivity index is 2.58. The zero-order chi connectivity index (χ0) is 5.98. The highest BCUT2D eigenvalue weighted by atomic mass is 32.2. The highest BCUT2D eigenvalue weighted by Gasteiger charge is 1.94. The van der Waals surface area contributed by atoms with Gasteiger partial charge in [-0.25, -0.2) is 0 Å². The largest absolute Gasteiger partial charge is 0.398 e. The minimum atomic E-state index is 0.827. The van der Waals surface area contributed by atoms with Crippen LogP contribution >= 0.6 is 11.9 Å². The van der Waals surface area contributed by atoms with Crippen molar-refractivity contribution in [3.8, 4) is 0 Å². The molecule has 1 aliphatic rings. The Bertz CT molecular complexity index is 139. The molecule has 0 fully saturated rings. The Morgan fingerprint density at radius 2 is 2.50 bits per heavy atom. The van der Waals surface area contributed by atoms with Gasteiger partial charge in [-0.2, -0.15) is 0 Å². The van der Waals surface area contributed by atoms with E-state index >= 15 is 0 Å². The van der Waals surface area contributed by atoms with Crippen LogP contribution in [0.5, 0.6) is 0 Å². The number of allylic oxidation sites excluding steroid dienone is 1. The van der Waals surface area contributed by atoms with Crippen molar-refractivity contribution < 1.29 is 0 Å². The standard InChI is InChI=1S/C5H8N2S/c1-7-3-2-5(6)4-8-7/h2-4H,6H2,1H3. The normalized spacial score (nSPS) is 18.6. The molecule has 0 aromatic carbocycles. The molecule has 1 heterocycles. The lowest BCUT2D eigenvalue weighted by Crippen LogP contribution is -2.04. The van der Waals surface area contributed by atoms with E-state index in [2.05, 4.69) is 0 Å². The minimum absolute atomic E-state index is 0.827. The molecule has 0 unspecified atom stereocenters. The topological polar surface area (TPSA) is 29.3 Å². The van der Waals surface area contributed by atoms with Gasteiger partial charge >= 0.3 is 0 Å². The Morgan fingerprint density at radius 1 is 1.75 bits per heavy atom. The van der Waals surface area contributed by atoms with Crippen LogP contribution in [0.15, 0.2) is 23.4 Å². The maximum atomic E-state index is 5.42. The second kappa shape index (κ2) is 2.13. The zero-order valence-corrected chi connectivity index (χ0v) is 5.48. The van der Waals surface area contributed by atoms with Gasteiger partial charge in [-0.3, -0.25) is 0 Å². The average Bonchev–Trinajstić information content (AvgIpc) is 1.77. The van der Waals surface area contributed by atoms with Crippen molar-refractivity contribution in [2.24, 2.45) is 5.73 Å². The van der Waals surface area contributed by atoms with Gasteiger partial charge < -0.3 is 10.0 Å². The Morgan fingerprint density at radius 3 is 2.88 bits per heavy atom. The van der Waals surface area contributed by atoms with E-state index in [0.717, 1.165) is 5.70 Å². The van der Waals surface area contributed by atoms with Crippen LogP contribution in [0.3, 0.4) is 0 Å². The van der Waals surface area contributed by atoms with E-state index in [-0.39, 0.29) is 0 Å². The molecule has 1 aliphatic heterocycles. The van der Waals surface area contributed by atoms with Crippen LogP contribution in [0.4, 0.5) is 0 Å². The van der Waals surface area contributed by atoms with E-state index in [1.807, 2.05) is 29.0 Å². The molecule has 0 radical (unpaired) electrons. The Kier molecular flexibility index (Phi) is 1.48. The van der Waals surface area contributed by atoms with Gasteiger partial charge in [0.05, 0.1) is 0 Å². The summed E-state index contributed by atoms with van der Waals surface area (Å²) >= 11 is 1.59. The maximum Gasteiger partial charge on any atom is 0.0410 e. The van der Waals surface area contributed by atoms with Gasteiger partial charge in [-0.05, 0) is 18.0 Å². The highest BCUT2D eigenvalue weighted by molar-refractivity contribution is 8.00. The molecule has 2 nitrogen and oxygen atoms in total. The summed E-state index contributed by atoms with van der Waals surface area (Å²) in [7, 11) is 1.98. The quantitative estimate of drug-likeness (QED) is 0.491. The molecule has 0 aromatic rings. The lowest BCUT2D eigenvalue weighted by molar-refractivity contribution is 0.775. The summed E-state index contributed by atoms with van der Waals surface area (Å²) in [5, 5.41) is 1.90. The summed E-state index contributed by atoms with van der Waals surface area (Å²) in [6.45, 7) is 0. The van der Waals surface area contributed by atoms with Crippen molar-refractivity contribution in [1.29, 1.82) is 0 Å². The second-order valence-electron chi connectivity index (χ2n) is 1.59. The van der Waals surface area contributed by atoms with Gasteiger partial charge in [0, 0.05) is 24.4 Å². The zero-order valence-electron chi connectivity index (χ0n) is 4.66. The predicted molar refractivity (Wildman–Crippen MR) is 36.8 cm³/mol. The van der Waals surface area contributed by atoms with Crippen LogP contribution in [0.1, 0.15) is 0 Å². The van der Waals surface area contributed by atoms with Crippen LogP contribution in [-0.4, -0.2) is 11.4 Å². The summed E-state index contributed by atoms with van der Waals surface area (Å²) in [6, 6.07) is 0. The SMILES string of the molecule is CN1C=CC(N)=CS1. The molecule has 8 heavy (non-hydrogen) atoms. The highest BCUT2D eigenvalue weighted by Crippen LogP contribution is 2.15. The van der Waals surface area contributed by atoms with Gasteiger partial charge in [-0.15, -0.1) is 0 Å². The van der Waals surface area contributed by atoms with Crippen molar-refractivity contribution in [1.82, 2.24) is 4.31 Å². The monoisotopic (exact) mass is 128 g/mol. The molecule has 1 rings (SSSR count). The molecular formula is C5H8N2S. The molecule has 2 N–H and O–H groups in total. The molecule has 0 saturated carbocycles. The van der Waals surface area contributed by atoms with Crippen LogP contribution in [0.2, 0.25) is 0 Å². The summed E-state index contributed by atoms with van der Waals surface area (Å²) in [6.07, 6.45) is 3.80. The van der Waals surface area contributed by atoms with E-state index in [4.69, 9.17) is 5.73 Å². The minimum Gasteiger partial charge on any atom is -0.398 e. The van der Waals surface area contributed by atoms with Gasteiger partial charge in [-0.1, -0.05) is 0 Å². The average molecular weight is 128 g/mol. The van der Waals surface area contributed by atoms with E-state index < -0.39 is 0 Å². The van der Waals surface area contributed by atoms with Crippen LogP contribution in [0, 0.1) is 0 Å². The summed E-state index contributed by atoms with van der Waals surface area (Å²) < 4.78 is 1.98. The lowest BCUT2D eigenvalue weighted by atomic mass is 10.5. The Labute approximate surface area is 53.2 Å². The van der Waals surface area contributed by atoms with E-state index in [0.29, 0.717) is 0 Å². The third kappa shape index (κ3) is 1.20. The fraction of sp³-hybridized carbons (Fsp3) is 0.200. The van der Waals surface area contributed by atoms with Gasteiger partial charge in [0.15, 0.2) is 0 Å². The van der Waals surface area contributed by atoms with Crippen molar-refractivity contribution >= 4 is 11.9 Å². The first kappa shape index (κ1) is 5.56. The van der Waals surface area contributed by atoms with E-state index in [9.17, 15) is 0 Å². The van der Waals surface area contributed by atoms with Gasteiger partial charge in [0.25, 0.3) is 0 Å². The molecule has 0 amide bonds. The van der Waals surface area contributed by atoms with Crippen LogP contribution < -0.4 is 5.73 Å². The van der Waals surface area contributed by atoms with Gasteiger partial charge in [0.1, 0.15) is 0 Å². The van der Waals surface area contributed by atoms with Crippen molar-refractivity contribution in [2.45, 2.75) is 0 Å². The van der Waals surface area contributed by atoms with Crippen molar-refractivity contribution in [3.05, 3.63) is 23.4 Å². The first-order valence-electron chi connectivity index (χ1n) is 2.32. The lowest BCUT2D eigenvalue weighted by Gasteiger charge is -2.12. The van der Waals surface area contributed by atoms with Crippen LogP contribution in [0.25, 0.3) is 0 Å². The van der Waals surface area contributed by atoms with Crippen LogP contribution in [-0.2, 0) is 0 Å². The smallest absolute Gasteiger partial charge is 0.0410 e. The third-order valence-electron chi connectivity index (χ3n) is 0.832. The van der Waals surface area contributed by atoms with Crippen molar-refractivity contribution in [3.63, 3.8) is 0 Å².